The molecule has 0 aliphatic rings. The molecule has 0 amide bonds. The van der Waals surface area contributed by atoms with Crippen molar-refractivity contribution in [3.05, 3.63) is 12.7 Å². The Morgan fingerprint density at radius 3 is 2.72 bits per heavy atom. The van der Waals surface area contributed by atoms with E-state index in [4.69, 9.17) is 0 Å². The van der Waals surface area contributed by atoms with E-state index in [2.05, 4.69) is 49.7 Å². The Hall–Kier alpha value is -0.620. The van der Waals surface area contributed by atoms with Gasteiger partial charge in [-0.3, -0.25) is 0 Å². The normalized spacial score (nSPS) is 12.2. The highest BCUT2D eigenvalue weighted by Gasteiger charge is 2.25. The lowest BCUT2D eigenvalue weighted by Crippen LogP contribution is -2.23. The molecule has 18 heavy (non-hydrogen) atoms. The minimum Gasteiger partial charge on any atom is -0.341 e. The van der Waals surface area contributed by atoms with Crippen LogP contribution in [-0.4, -0.2) is 31.0 Å². The molecule has 2 rings (SSSR count). The van der Waals surface area contributed by atoms with Crippen LogP contribution in [0.25, 0.3) is 11.2 Å². The van der Waals surface area contributed by atoms with Gasteiger partial charge in [-0.2, -0.15) is 0 Å². The predicted molar refractivity (Wildman–Crippen MR) is 79.2 cm³/mol. The Bertz CT molecular complexity index is 501. The monoisotopic (exact) mass is 328 g/mol. The molecule has 0 saturated heterocycles. The van der Waals surface area contributed by atoms with Crippen molar-refractivity contribution >= 4 is 38.9 Å². The van der Waals surface area contributed by atoms with Gasteiger partial charge in [0.1, 0.15) is 16.9 Å². The average molecular weight is 329 g/mol. The molecule has 0 aromatic carbocycles. The smallest absolute Gasteiger partial charge is 0.181 e. The van der Waals surface area contributed by atoms with Crippen molar-refractivity contribution in [1.29, 1.82) is 0 Å². The van der Waals surface area contributed by atoms with Gasteiger partial charge in [0.05, 0.1) is 6.33 Å². The fourth-order valence-corrected chi connectivity index (χ4v) is 4.38. The molecule has 2 aromatic rings. The molecule has 2 aromatic heterocycles. The van der Waals surface area contributed by atoms with Gasteiger partial charge < -0.3 is 4.98 Å². The number of imidazole rings is 1. The summed E-state index contributed by atoms with van der Waals surface area (Å²) in [5, 5.41) is 2.02. The van der Waals surface area contributed by atoms with Crippen LogP contribution in [0.3, 0.4) is 0 Å². The number of fused-ring (bicyclic) bond motifs is 1. The van der Waals surface area contributed by atoms with Gasteiger partial charge in [0.25, 0.3) is 0 Å². The molecule has 6 heteroatoms. The molecule has 0 bridgehead atoms. The summed E-state index contributed by atoms with van der Waals surface area (Å²) >= 11 is 5.43. The molecule has 4 nitrogen and oxygen atoms in total. The van der Waals surface area contributed by atoms with Gasteiger partial charge in [0.2, 0.25) is 0 Å². The number of nitrogens with one attached hydrogen (secondary N) is 1. The lowest BCUT2D eigenvalue weighted by Gasteiger charge is -2.28. The predicted octanol–water partition coefficient (Wildman–Crippen LogP) is 3.65. The van der Waals surface area contributed by atoms with E-state index in [1.807, 2.05) is 0 Å². The summed E-state index contributed by atoms with van der Waals surface area (Å²) in [4.78, 5) is 15.7. The first-order valence-electron chi connectivity index (χ1n) is 6.07. The summed E-state index contributed by atoms with van der Waals surface area (Å²) in [6.45, 7) is 4.49. The highest BCUT2D eigenvalue weighted by molar-refractivity contribution is 9.09. The van der Waals surface area contributed by atoms with Crippen molar-refractivity contribution in [2.24, 2.45) is 5.41 Å². The van der Waals surface area contributed by atoms with E-state index in [0.717, 1.165) is 27.3 Å². The molecule has 0 aliphatic heterocycles. The van der Waals surface area contributed by atoms with Crippen LogP contribution in [0, 0.1) is 5.41 Å². The fraction of sp³-hybridized carbons (Fsp3) is 0.583. The number of H-pyrrole nitrogens is 1. The lowest BCUT2D eigenvalue weighted by molar-refractivity contribution is 0.359. The van der Waals surface area contributed by atoms with Gasteiger partial charge in [-0.05, 0) is 18.3 Å². The van der Waals surface area contributed by atoms with Crippen molar-refractivity contribution in [1.82, 2.24) is 19.9 Å². The number of alkyl halides is 1. The van der Waals surface area contributed by atoms with E-state index in [1.54, 1.807) is 24.4 Å². The van der Waals surface area contributed by atoms with Crippen molar-refractivity contribution in [2.75, 3.05) is 11.1 Å². The number of hydrogen-bond acceptors (Lipinski definition) is 4. The van der Waals surface area contributed by atoms with Crippen LogP contribution in [0.4, 0.5) is 0 Å². The third kappa shape index (κ3) is 2.69. The van der Waals surface area contributed by atoms with Crippen molar-refractivity contribution in [2.45, 2.75) is 31.7 Å². The van der Waals surface area contributed by atoms with E-state index >= 15 is 0 Å². The Morgan fingerprint density at radius 1 is 1.28 bits per heavy atom. The summed E-state index contributed by atoms with van der Waals surface area (Å²) in [5.41, 5.74) is 2.02. The molecular weight excluding hydrogens is 312 g/mol. The molecule has 98 valence electrons. The second-order valence-corrected chi connectivity index (χ2v) is 5.93. The Balaban J connectivity index is 2.17. The van der Waals surface area contributed by atoms with Crippen LogP contribution < -0.4 is 0 Å². The molecular formula is C12H17BrN4S. The summed E-state index contributed by atoms with van der Waals surface area (Å²) in [7, 11) is 0. The summed E-state index contributed by atoms with van der Waals surface area (Å²) in [6.07, 6.45) is 5.58. The number of thioether (sulfide) groups is 1. The van der Waals surface area contributed by atoms with Gasteiger partial charge in [-0.15, -0.1) is 11.8 Å². The summed E-state index contributed by atoms with van der Waals surface area (Å²) in [6, 6.07) is 0. The molecule has 0 atom stereocenters. The van der Waals surface area contributed by atoms with Gasteiger partial charge >= 0.3 is 0 Å². The third-order valence-corrected chi connectivity index (χ3v) is 6.02. The van der Waals surface area contributed by atoms with Crippen LogP contribution in [0.5, 0.6) is 0 Å². The zero-order valence-corrected chi connectivity index (χ0v) is 13.0. The number of nitrogens with zero attached hydrogens (tertiary/aromatic N) is 3. The highest BCUT2D eigenvalue weighted by Crippen LogP contribution is 2.36. The maximum absolute atomic E-state index is 4.35. The third-order valence-electron chi connectivity index (χ3n) is 3.49. The zero-order chi connectivity index (χ0) is 13.0. The molecule has 0 saturated carbocycles. The van der Waals surface area contributed by atoms with Crippen LogP contribution in [0.1, 0.15) is 26.7 Å². The first-order valence-corrected chi connectivity index (χ1v) is 8.18. The second-order valence-electron chi connectivity index (χ2n) is 4.41. The van der Waals surface area contributed by atoms with Crippen LogP contribution >= 0.6 is 27.7 Å². The molecule has 0 fully saturated rings. The van der Waals surface area contributed by atoms with Crippen molar-refractivity contribution in [3.63, 3.8) is 0 Å². The number of hydrogen-bond donors (Lipinski definition) is 1. The second kappa shape index (κ2) is 6.02. The van der Waals surface area contributed by atoms with Gasteiger partial charge in [-0.25, -0.2) is 15.0 Å². The maximum atomic E-state index is 4.35. The molecule has 1 N–H and O–H groups in total. The zero-order valence-electron chi connectivity index (χ0n) is 10.6. The van der Waals surface area contributed by atoms with Crippen molar-refractivity contribution in [3.8, 4) is 0 Å². The van der Waals surface area contributed by atoms with Gasteiger partial charge in [0.15, 0.2) is 5.65 Å². The SMILES string of the molecule is CCC(CC)(CBr)CSc1ncnc2nc[nH]c12. The largest absolute Gasteiger partial charge is 0.341 e. The highest BCUT2D eigenvalue weighted by atomic mass is 79.9. The minimum atomic E-state index is 0.335. The maximum Gasteiger partial charge on any atom is 0.181 e. The van der Waals surface area contributed by atoms with E-state index in [1.165, 1.54) is 12.8 Å². The molecule has 2 heterocycles. The fourth-order valence-electron chi connectivity index (χ4n) is 1.76. The Kier molecular flexibility index (Phi) is 4.61. The Morgan fingerprint density at radius 2 is 2.06 bits per heavy atom. The molecule has 0 radical (unpaired) electrons. The van der Waals surface area contributed by atoms with E-state index in [-0.39, 0.29) is 0 Å². The summed E-state index contributed by atoms with van der Waals surface area (Å²) in [5.74, 6) is 1.05. The minimum absolute atomic E-state index is 0.335. The van der Waals surface area contributed by atoms with E-state index < -0.39 is 0 Å². The number of halogens is 1. The van der Waals surface area contributed by atoms with E-state index in [0.29, 0.717) is 5.41 Å². The van der Waals surface area contributed by atoms with Crippen molar-refractivity contribution < 1.29 is 0 Å². The van der Waals surface area contributed by atoms with Crippen LogP contribution in [-0.2, 0) is 0 Å². The quantitative estimate of drug-likeness (QED) is 0.499. The molecule has 0 aliphatic carbocycles. The van der Waals surface area contributed by atoms with Gasteiger partial charge in [-0.1, -0.05) is 29.8 Å². The first-order chi connectivity index (χ1) is 8.74. The molecule has 0 spiro atoms. The lowest BCUT2D eigenvalue weighted by atomic mass is 9.87. The Labute approximate surface area is 120 Å². The molecule has 0 unspecified atom stereocenters. The number of rotatable bonds is 6. The van der Waals surface area contributed by atoms with E-state index in [9.17, 15) is 0 Å². The van der Waals surface area contributed by atoms with Gasteiger partial charge in [0, 0.05) is 11.1 Å². The van der Waals surface area contributed by atoms with Crippen LogP contribution in [0.2, 0.25) is 0 Å². The van der Waals surface area contributed by atoms with Crippen LogP contribution in [0.15, 0.2) is 17.7 Å². The standard InChI is InChI=1S/C12H17BrN4S/c1-3-12(4-2,5-13)6-18-11-9-10(15-7-14-9)16-8-17-11/h7-8H,3-6H2,1-2H3,(H,14,15,16,17). The number of aromatic nitrogens is 4. The topological polar surface area (TPSA) is 54.5 Å². The first kappa shape index (κ1) is 13.8. The summed E-state index contributed by atoms with van der Waals surface area (Å²) < 4.78 is 0. The average Bonchev–Trinajstić information content (AvgIpc) is 2.90. The number of aromatic amines is 1.